The monoisotopic (exact) mass is 336 g/mol. The molecule has 0 atom stereocenters. The molecule has 0 saturated carbocycles. The van der Waals surface area contributed by atoms with Gasteiger partial charge in [-0.05, 0) is 18.2 Å². The third kappa shape index (κ3) is 5.07. The largest absolute Gasteiger partial charge is 0.495 e. The van der Waals surface area contributed by atoms with Gasteiger partial charge >= 0.3 is 16.2 Å². The van der Waals surface area contributed by atoms with E-state index in [0.29, 0.717) is 11.4 Å². The fourth-order valence-corrected chi connectivity index (χ4v) is 2.60. The molecule has 0 heterocycles. The molecule has 0 aliphatic rings. The van der Waals surface area contributed by atoms with Gasteiger partial charge in [0.05, 0.1) is 31.4 Å². The molecule has 1 aromatic rings. The number of hydrogen-bond acceptors (Lipinski definition) is 5. The average molecular weight is 337 g/mol. The van der Waals surface area contributed by atoms with Crippen molar-refractivity contribution < 1.29 is 22.7 Å². The molecule has 1 aromatic carbocycles. The fourth-order valence-electron chi connectivity index (χ4n) is 1.43. The van der Waals surface area contributed by atoms with Gasteiger partial charge in [0, 0.05) is 13.6 Å². The van der Waals surface area contributed by atoms with Gasteiger partial charge in [0.25, 0.3) is 0 Å². The number of rotatable bonds is 7. The number of nitrogens with zero attached hydrogens (tertiary/aromatic N) is 1. The van der Waals surface area contributed by atoms with Gasteiger partial charge in [0.2, 0.25) is 0 Å². The molecule has 0 amide bonds. The molecule has 0 aliphatic carbocycles. The van der Waals surface area contributed by atoms with Gasteiger partial charge in [-0.1, -0.05) is 11.6 Å². The Bertz CT molecular complexity index is 606. The van der Waals surface area contributed by atoms with E-state index < -0.39 is 16.2 Å². The number of hydrogen-bond donors (Lipinski definition) is 1. The van der Waals surface area contributed by atoms with Crippen LogP contribution >= 0.6 is 11.6 Å². The maximum absolute atomic E-state index is 12.1. The summed E-state index contributed by atoms with van der Waals surface area (Å²) in [5, 5.41) is 0.287. The van der Waals surface area contributed by atoms with Crippen molar-refractivity contribution in [2.75, 3.05) is 32.5 Å². The minimum Gasteiger partial charge on any atom is -0.495 e. The summed E-state index contributed by atoms with van der Waals surface area (Å²) in [4.78, 5) is 11.0. The Morgan fingerprint density at radius 3 is 2.57 bits per heavy atom. The molecule has 7 nitrogen and oxygen atoms in total. The molecule has 0 radical (unpaired) electrons. The first kappa shape index (κ1) is 17.5. The van der Waals surface area contributed by atoms with Gasteiger partial charge in [-0.3, -0.25) is 9.52 Å². The van der Waals surface area contributed by atoms with Gasteiger partial charge < -0.3 is 9.47 Å². The first-order chi connectivity index (χ1) is 9.80. The molecule has 0 aromatic heterocycles. The van der Waals surface area contributed by atoms with Crippen LogP contribution in [0.15, 0.2) is 18.2 Å². The number of carbonyl (C=O) groups is 1. The lowest BCUT2D eigenvalue weighted by Crippen LogP contribution is -2.34. The van der Waals surface area contributed by atoms with Crippen LogP contribution in [0.4, 0.5) is 5.69 Å². The molecule has 0 fully saturated rings. The summed E-state index contributed by atoms with van der Waals surface area (Å²) in [6.07, 6.45) is -0.0305. The van der Waals surface area contributed by atoms with Crippen molar-refractivity contribution in [3.8, 4) is 5.75 Å². The van der Waals surface area contributed by atoms with E-state index in [1.807, 2.05) is 0 Å². The number of esters is 1. The molecule has 0 unspecified atom stereocenters. The second-order valence-electron chi connectivity index (χ2n) is 4.10. The number of carbonyl (C=O) groups excluding carboxylic acids is 1. The second kappa shape index (κ2) is 7.48. The minimum absolute atomic E-state index is 0.00585. The SMILES string of the molecule is COC(=O)CCN(C)S(=O)(=O)Nc1ccc(OC)c(Cl)c1. The molecule has 9 heteroatoms. The van der Waals surface area contributed by atoms with Crippen LogP contribution in [0.25, 0.3) is 0 Å². The van der Waals surface area contributed by atoms with E-state index in [4.69, 9.17) is 16.3 Å². The van der Waals surface area contributed by atoms with E-state index >= 15 is 0 Å². The zero-order valence-electron chi connectivity index (χ0n) is 11.9. The zero-order valence-corrected chi connectivity index (χ0v) is 13.5. The van der Waals surface area contributed by atoms with Crippen LogP contribution in [0.1, 0.15) is 6.42 Å². The lowest BCUT2D eigenvalue weighted by molar-refractivity contribution is -0.140. The summed E-state index contributed by atoms with van der Waals surface area (Å²) in [7, 11) is 0.289. The van der Waals surface area contributed by atoms with E-state index in [9.17, 15) is 13.2 Å². The molecule has 1 N–H and O–H groups in total. The highest BCUT2D eigenvalue weighted by molar-refractivity contribution is 7.90. The smallest absolute Gasteiger partial charge is 0.306 e. The Kier molecular flexibility index (Phi) is 6.25. The average Bonchev–Trinajstić information content (AvgIpc) is 2.44. The molecule has 1 rings (SSSR count). The van der Waals surface area contributed by atoms with E-state index in [1.165, 1.54) is 33.4 Å². The first-order valence-electron chi connectivity index (χ1n) is 5.94. The maximum Gasteiger partial charge on any atom is 0.306 e. The number of benzene rings is 1. The highest BCUT2D eigenvalue weighted by Gasteiger charge is 2.19. The van der Waals surface area contributed by atoms with Crippen LogP contribution in [-0.4, -0.2) is 46.5 Å². The Hall–Kier alpha value is -1.51. The Balaban J connectivity index is 2.75. The van der Waals surface area contributed by atoms with Crippen molar-refractivity contribution in [3.63, 3.8) is 0 Å². The van der Waals surface area contributed by atoms with Crippen LogP contribution in [-0.2, 0) is 19.7 Å². The van der Waals surface area contributed by atoms with Crippen molar-refractivity contribution in [1.29, 1.82) is 0 Å². The predicted octanol–water partition coefficient (Wildman–Crippen LogP) is 1.50. The van der Waals surface area contributed by atoms with E-state index in [-0.39, 0.29) is 18.0 Å². The van der Waals surface area contributed by atoms with Crippen LogP contribution < -0.4 is 9.46 Å². The van der Waals surface area contributed by atoms with Gasteiger partial charge in [-0.25, -0.2) is 0 Å². The van der Waals surface area contributed by atoms with Crippen molar-refractivity contribution in [2.45, 2.75) is 6.42 Å². The van der Waals surface area contributed by atoms with Crippen LogP contribution in [0.2, 0.25) is 5.02 Å². The summed E-state index contributed by atoms with van der Waals surface area (Å²) in [6, 6.07) is 4.51. The van der Waals surface area contributed by atoms with Crippen molar-refractivity contribution in [3.05, 3.63) is 23.2 Å². The second-order valence-corrected chi connectivity index (χ2v) is 6.29. The number of anilines is 1. The normalized spacial score (nSPS) is 11.3. The van der Waals surface area contributed by atoms with Gasteiger partial charge in [0.15, 0.2) is 0 Å². The molecule has 21 heavy (non-hydrogen) atoms. The van der Waals surface area contributed by atoms with Crippen LogP contribution in [0.5, 0.6) is 5.75 Å². The molecule has 0 spiro atoms. The molecular weight excluding hydrogens is 320 g/mol. The Morgan fingerprint density at radius 2 is 2.05 bits per heavy atom. The fraction of sp³-hybridized carbons (Fsp3) is 0.417. The molecular formula is C12H17ClN2O5S. The number of halogens is 1. The molecule has 118 valence electrons. The lowest BCUT2D eigenvalue weighted by atomic mass is 10.3. The third-order valence-electron chi connectivity index (χ3n) is 2.67. The number of methoxy groups -OCH3 is 2. The van der Waals surface area contributed by atoms with Crippen LogP contribution in [0, 0.1) is 0 Å². The number of nitrogens with one attached hydrogen (secondary N) is 1. The van der Waals surface area contributed by atoms with Crippen molar-refractivity contribution in [1.82, 2.24) is 4.31 Å². The molecule has 0 aliphatic heterocycles. The highest BCUT2D eigenvalue weighted by atomic mass is 35.5. The van der Waals surface area contributed by atoms with Crippen LogP contribution in [0.3, 0.4) is 0 Å². The van der Waals surface area contributed by atoms with E-state index in [0.717, 1.165) is 4.31 Å². The Labute approximate surface area is 129 Å². The summed E-state index contributed by atoms with van der Waals surface area (Å²) >= 11 is 5.92. The Morgan fingerprint density at radius 1 is 1.38 bits per heavy atom. The van der Waals surface area contributed by atoms with Crippen molar-refractivity contribution in [2.24, 2.45) is 0 Å². The highest BCUT2D eigenvalue weighted by Crippen LogP contribution is 2.27. The van der Waals surface area contributed by atoms with E-state index in [1.54, 1.807) is 6.07 Å². The van der Waals surface area contributed by atoms with Gasteiger partial charge in [0.1, 0.15) is 5.75 Å². The molecule has 0 bridgehead atoms. The van der Waals surface area contributed by atoms with E-state index in [2.05, 4.69) is 9.46 Å². The summed E-state index contributed by atoms with van der Waals surface area (Å²) in [6.45, 7) is 0.00585. The number of ether oxygens (including phenoxy) is 2. The first-order valence-corrected chi connectivity index (χ1v) is 7.76. The topological polar surface area (TPSA) is 84.9 Å². The minimum atomic E-state index is -3.78. The maximum atomic E-state index is 12.1. The third-order valence-corrected chi connectivity index (χ3v) is 4.46. The lowest BCUT2D eigenvalue weighted by Gasteiger charge is -2.18. The summed E-state index contributed by atoms with van der Waals surface area (Å²) in [5.74, 6) is -0.0387. The standard InChI is InChI=1S/C12H17ClN2O5S/c1-15(7-6-12(16)20-3)21(17,18)14-9-4-5-11(19-2)10(13)8-9/h4-5,8,14H,6-7H2,1-3H3. The summed E-state index contributed by atoms with van der Waals surface area (Å²) < 4.78 is 36.9. The zero-order chi connectivity index (χ0) is 16.0. The van der Waals surface area contributed by atoms with Crippen molar-refractivity contribution >= 4 is 33.5 Å². The predicted molar refractivity (Wildman–Crippen MR) is 79.8 cm³/mol. The molecule has 0 saturated heterocycles. The van der Waals surface area contributed by atoms with Gasteiger partial charge in [-0.2, -0.15) is 12.7 Å². The summed E-state index contributed by atoms with van der Waals surface area (Å²) in [5.41, 5.74) is 0.297. The quantitative estimate of drug-likeness (QED) is 0.763. The van der Waals surface area contributed by atoms with Gasteiger partial charge in [-0.15, -0.1) is 0 Å².